The smallest absolute Gasteiger partial charge is 0.419 e. The van der Waals surface area contributed by atoms with E-state index in [1.807, 2.05) is 12.1 Å². The van der Waals surface area contributed by atoms with Gasteiger partial charge in [0.15, 0.2) is 0 Å². The number of fused-ring (bicyclic) bond motifs is 1. The SMILES string of the molecule is COC(=O)C/C(=C\c1cn(C(=O)OC(C)(C)C)c2ccccc12)C(=O)OC. The molecule has 1 aromatic carbocycles. The highest BCUT2D eigenvalue weighted by Crippen LogP contribution is 2.25. The van der Waals surface area contributed by atoms with Crippen molar-refractivity contribution in [2.75, 3.05) is 14.2 Å². The van der Waals surface area contributed by atoms with Crippen molar-refractivity contribution in [3.05, 3.63) is 41.6 Å². The number of hydrogen-bond donors (Lipinski definition) is 0. The lowest BCUT2D eigenvalue weighted by Crippen LogP contribution is -2.26. The normalized spacial score (nSPS) is 12.0. The van der Waals surface area contributed by atoms with Gasteiger partial charge >= 0.3 is 18.0 Å². The summed E-state index contributed by atoms with van der Waals surface area (Å²) in [6.07, 6.45) is 2.31. The Morgan fingerprint density at radius 2 is 1.74 bits per heavy atom. The van der Waals surface area contributed by atoms with Crippen LogP contribution in [-0.2, 0) is 23.8 Å². The van der Waals surface area contributed by atoms with Gasteiger partial charge in [-0.25, -0.2) is 9.59 Å². The molecule has 144 valence electrons. The Morgan fingerprint density at radius 3 is 2.33 bits per heavy atom. The molecular weight excluding hydrogens is 350 g/mol. The van der Waals surface area contributed by atoms with Crippen LogP contribution in [0.2, 0.25) is 0 Å². The first kappa shape index (κ1) is 20.2. The molecule has 2 aromatic rings. The van der Waals surface area contributed by atoms with Crippen LogP contribution in [0, 0.1) is 0 Å². The molecule has 0 aliphatic rings. The lowest BCUT2D eigenvalue weighted by molar-refractivity contribution is -0.143. The van der Waals surface area contributed by atoms with Gasteiger partial charge in [0.25, 0.3) is 0 Å². The number of rotatable bonds is 4. The number of carbonyl (C=O) groups is 3. The summed E-state index contributed by atoms with van der Waals surface area (Å²) >= 11 is 0. The summed E-state index contributed by atoms with van der Waals surface area (Å²) in [6.45, 7) is 5.34. The van der Waals surface area contributed by atoms with Gasteiger partial charge < -0.3 is 14.2 Å². The van der Waals surface area contributed by atoms with E-state index in [-0.39, 0.29) is 12.0 Å². The van der Waals surface area contributed by atoms with Crippen LogP contribution in [0.1, 0.15) is 32.8 Å². The molecule has 0 saturated heterocycles. The Hall–Kier alpha value is -3.09. The molecule has 27 heavy (non-hydrogen) atoms. The third-order valence-corrected chi connectivity index (χ3v) is 3.67. The zero-order valence-corrected chi connectivity index (χ0v) is 16.1. The monoisotopic (exact) mass is 373 g/mol. The third-order valence-electron chi connectivity index (χ3n) is 3.67. The maximum atomic E-state index is 12.5. The summed E-state index contributed by atoms with van der Waals surface area (Å²) in [5, 5.41) is 0.731. The van der Waals surface area contributed by atoms with E-state index in [2.05, 4.69) is 4.74 Å². The molecule has 1 aromatic heterocycles. The van der Waals surface area contributed by atoms with Gasteiger partial charge in [-0.3, -0.25) is 9.36 Å². The van der Waals surface area contributed by atoms with Crippen LogP contribution < -0.4 is 0 Å². The van der Waals surface area contributed by atoms with Crippen LogP contribution in [-0.4, -0.2) is 42.4 Å². The first-order chi connectivity index (χ1) is 12.7. The quantitative estimate of drug-likeness (QED) is 0.463. The van der Waals surface area contributed by atoms with Gasteiger partial charge in [-0.1, -0.05) is 18.2 Å². The average molecular weight is 373 g/mol. The van der Waals surface area contributed by atoms with Gasteiger partial charge in [-0.2, -0.15) is 0 Å². The maximum absolute atomic E-state index is 12.5. The maximum Gasteiger partial charge on any atom is 0.419 e. The first-order valence-electron chi connectivity index (χ1n) is 8.35. The van der Waals surface area contributed by atoms with E-state index < -0.39 is 23.6 Å². The molecule has 2 rings (SSSR count). The Bertz CT molecular complexity index is 901. The highest BCUT2D eigenvalue weighted by atomic mass is 16.6. The molecule has 0 amide bonds. The van der Waals surface area contributed by atoms with Gasteiger partial charge in [0.05, 0.1) is 26.2 Å². The first-order valence-corrected chi connectivity index (χ1v) is 8.35. The van der Waals surface area contributed by atoms with Gasteiger partial charge in [0, 0.05) is 22.7 Å². The number of hydrogen-bond acceptors (Lipinski definition) is 6. The molecule has 7 nitrogen and oxygen atoms in total. The predicted molar refractivity (Wildman–Crippen MR) is 100 cm³/mol. The van der Waals surface area contributed by atoms with E-state index in [4.69, 9.17) is 9.47 Å². The lowest BCUT2D eigenvalue weighted by atomic mass is 10.1. The van der Waals surface area contributed by atoms with E-state index in [1.165, 1.54) is 24.9 Å². The number of esters is 2. The Balaban J connectivity index is 2.56. The topological polar surface area (TPSA) is 83.8 Å². The van der Waals surface area contributed by atoms with Crippen molar-refractivity contribution in [3.63, 3.8) is 0 Å². The molecule has 1 heterocycles. The number of para-hydroxylation sites is 1. The standard InChI is InChI=1S/C20H23NO6/c1-20(2,3)27-19(24)21-12-14(15-8-6-7-9-16(15)21)10-13(18(23)26-5)11-17(22)25-4/h6-10,12H,11H2,1-5H3/b13-10+. The Labute approximate surface area is 157 Å². The van der Waals surface area contributed by atoms with Crippen LogP contribution in [0.5, 0.6) is 0 Å². The predicted octanol–water partition coefficient (Wildman–Crippen LogP) is 3.54. The van der Waals surface area contributed by atoms with Crippen LogP contribution in [0.15, 0.2) is 36.0 Å². The number of carbonyl (C=O) groups excluding carboxylic acids is 3. The summed E-state index contributed by atoms with van der Waals surface area (Å²) in [6, 6.07) is 7.20. The Kier molecular flexibility index (Phi) is 6.05. The largest absolute Gasteiger partial charge is 0.469 e. The number of methoxy groups -OCH3 is 2. The van der Waals surface area contributed by atoms with Crippen LogP contribution >= 0.6 is 0 Å². The van der Waals surface area contributed by atoms with Crippen molar-refractivity contribution in [2.45, 2.75) is 32.8 Å². The average Bonchev–Trinajstić information content (AvgIpc) is 2.97. The second-order valence-corrected chi connectivity index (χ2v) is 6.87. The number of ether oxygens (including phenoxy) is 3. The molecular formula is C20H23NO6. The summed E-state index contributed by atoms with van der Waals surface area (Å²) in [5.74, 6) is -1.21. The second kappa shape index (κ2) is 8.07. The fraction of sp³-hybridized carbons (Fsp3) is 0.350. The van der Waals surface area contributed by atoms with Gasteiger partial charge in [0.2, 0.25) is 0 Å². The van der Waals surface area contributed by atoms with E-state index in [0.717, 1.165) is 5.39 Å². The highest BCUT2D eigenvalue weighted by molar-refractivity contribution is 6.02. The second-order valence-electron chi connectivity index (χ2n) is 6.87. The Morgan fingerprint density at radius 1 is 1.07 bits per heavy atom. The summed E-state index contributed by atoms with van der Waals surface area (Å²) in [5.41, 5.74) is 0.679. The van der Waals surface area contributed by atoms with Crippen LogP contribution in [0.3, 0.4) is 0 Å². The summed E-state index contributed by atoms with van der Waals surface area (Å²) in [4.78, 5) is 36.2. The minimum Gasteiger partial charge on any atom is -0.469 e. The van der Waals surface area contributed by atoms with Crippen molar-refractivity contribution >= 4 is 35.0 Å². The summed E-state index contributed by atoms with van der Waals surface area (Å²) in [7, 11) is 2.48. The van der Waals surface area contributed by atoms with E-state index >= 15 is 0 Å². The molecule has 0 radical (unpaired) electrons. The minimum atomic E-state index is -0.652. The fourth-order valence-electron chi connectivity index (χ4n) is 2.51. The molecule has 0 N–H and O–H groups in total. The molecule has 0 saturated carbocycles. The molecule has 0 unspecified atom stereocenters. The van der Waals surface area contributed by atoms with Crippen molar-refractivity contribution in [3.8, 4) is 0 Å². The van der Waals surface area contributed by atoms with E-state index in [1.54, 1.807) is 39.1 Å². The molecule has 0 atom stereocenters. The number of benzene rings is 1. The number of nitrogens with zero attached hydrogens (tertiary/aromatic N) is 1. The zero-order valence-electron chi connectivity index (χ0n) is 16.1. The van der Waals surface area contributed by atoms with Crippen molar-refractivity contribution < 1.29 is 28.6 Å². The van der Waals surface area contributed by atoms with E-state index in [9.17, 15) is 14.4 Å². The van der Waals surface area contributed by atoms with Crippen molar-refractivity contribution in [1.29, 1.82) is 0 Å². The van der Waals surface area contributed by atoms with E-state index in [0.29, 0.717) is 11.1 Å². The van der Waals surface area contributed by atoms with Crippen LogP contribution in [0.25, 0.3) is 17.0 Å². The zero-order chi connectivity index (χ0) is 20.2. The molecule has 0 bridgehead atoms. The third kappa shape index (κ3) is 4.97. The molecule has 7 heteroatoms. The van der Waals surface area contributed by atoms with Gasteiger partial charge in [-0.15, -0.1) is 0 Å². The fourth-order valence-corrected chi connectivity index (χ4v) is 2.51. The minimum absolute atomic E-state index is 0.122. The van der Waals surface area contributed by atoms with Crippen molar-refractivity contribution in [1.82, 2.24) is 4.57 Å². The molecule has 0 spiro atoms. The molecule has 0 fully saturated rings. The molecule has 0 aliphatic carbocycles. The lowest BCUT2D eigenvalue weighted by Gasteiger charge is -2.19. The van der Waals surface area contributed by atoms with Crippen molar-refractivity contribution in [2.24, 2.45) is 0 Å². The van der Waals surface area contributed by atoms with Gasteiger partial charge in [-0.05, 0) is 32.9 Å². The van der Waals surface area contributed by atoms with Crippen LogP contribution in [0.4, 0.5) is 4.79 Å². The summed E-state index contributed by atoms with van der Waals surface area (Å²) < 4.78 is 16.2. The highest BCUT2D eigenvalue weighted by Gasteiger charge is 2.21. The van der Waals surface area contributed by atoms with Gasteiger partial charge in [0.1, 0.15) is 5.60 Å². The number of aromatic nitrogens is 1. The molecule has 0 aliphatic heterocycles.